The van der Waals surface area contributed by atoms with Gasteiger partial charge in [0.2, 0.25) is 0 Å². The van der Waals surface area contributed by atoms with E-state index in [9.17, 15) is 0 Å². The molecule has 15 heavy (non-hydrogen) atoms. The van der Waals surface area contributed by atoms with E-state index in [2.05, 4.69) is 39.5 Å². The molecule has 0 aromatic heterocycles. The topological polar surface area (TPSA) is 3.24 Å². The van der Waals surface area contributed by atoms with Crippen molar-refractivity contribution in [2.24, 2.45) is 10.8 Å². The number of rotatable bonds is 3. The average molecular weight is 211 g/mol. The molecule has 0 aromatic carbocycles. The van der Waals surface area contributed by atoms with E-state index in [1.165, 1.54) is 45.3 Å². The molecule has 1 nitrogen and oxygen atoms in total. The van der Waals surface area contributed by atoms with Crippen LogP contribution in [0.15, 0.2) is 0 Å². The SMILES string of the molecule is CC(C)(C)CCCN1CCC(C)(C)CC1. The quantitative estimate of drug-likeness (QED) is 0.683. The van der Waals surface area contributed by atoms with Gasteiger partial charge in [-0.3, -0.25) is 0 Å². The normalized spacial score (nSPS) is 23.0. The van der Waals surface area contributed by atoms with Crippen LogP contribution >= 0.6 is 0 Å². The molecule has 0 unspecified atom stereocenters. The molecule has 0 aliphatic carbocycles. The zero-order valence-electron chi connectivity index (χ0n) is 11.4. The van der Waals surface area contributed by atoms with Crippen molar-refractivity contribution in [2.45, 2.75) is 60.3 Å². The molecule has 0 spiro atoms. The van der Waals surface area contributed by atoms with E-state index >= 15 is 0 Å². The lowest BCUT2D eigenvalue weighted by Gasteiger charge is -2.37. The van der Waals surface area contributed by atoms with Crippen LogP contribution < -0.4 is 0 Å². The van der Waals surface area contributed by atoms with Gasteiger partial charge in [0, 0.05) is 0 Å². The Labute approximate surface area is 96.2 Å². The van der Waals surface area contributed by atoms with Crippen LogP contribution in [0.5, 0.6) is 0 Å². The van der Waals surface area contributed by atoms with Gasteiger partial charge in [0.1, 0.15) is 0 Å². The van der Waals surface area contributed by atoms with Gasteiger partial charge in [0.25, 0.3) is 0 Å². The summed E-state index contributed by atoms with van der Waals surface area (Å²) in [4.78, 5) is 2.65. The predicted molar refractivity (Wildman–Crippen MR) is 68.1 cm³/mol. The van der Waals surface area contributed by atoms with Crippen LogP contribution in [0.4, 0.5) is 0 Å². The van der Waals surface area contributed by atoms with E-state index in [1.807, 2.05) is 0 Å². The van der Waals surface area contributed by atoms with Crippen molar-refractivity contribution in [3.8, 4) is 0 Å². The maximum atomic E-state index is 2.65. The highest BCUT2D eigenvalue weighted by Gasteiger charge is 2.24. The molecular formula is C14H29N. The Kier molecular flexibility index (Phi) is 4.22. The van der Waals surface area contributed by atoms with Gasteiger partial charge >= 0.3 is 0 Å². The lowest BCUT2D eigenvalue weighted by molar-refractivity contribution is 0.127. The van der Waals surface area contributed by atoms with Crippen LogP contribution in [-0.2, 0) is 0 Å². The summed E-state index contributed by atoms with van der Waals surface area (Å²) < 4.78 is 0. The Morgan fingerprint density at radius 1 is 1.07 bits per heavy atom. The zero-order valence-corrected chi connectivity index (χ0v) is 11.4. The van der Waals surface area contributed by atoms with Crippen LogP contribution in [0.25, 0.3) is 0 Å². The molecule has 0 aromatic rings. The number of piperidine rings is 1. The van der Waals surface area contributed by atoms with Crippen molar-refractivity contribution in [1.82, 2.24) is 4.90 Å². The molecule has 0 radical (unpaired) electrons. The second-order valence-electron chi connectivity index (χ2n) is 7.17. The second kappa shape index (κ2) is 4.86. The summed E-state index contributed by atoms with van der Waals surface area (Å²) >= 11 is 0. The van der Waals surface area contributed by atoms with Gasteiger partial charge in [-0.25, -0.2) is 0 Å². The van der Waals surface area contributed by atoms with Crippen molar-refractivity contribution < 1.29 is 0 Å². The number of likely N-dealkylation sites (tertiary alicyclic amines) is 1. The summed E-state index contributed by atoms with van der Waals surface area (Å²) in [6.07, 6.45) is 5.47. The molecule has 0 saturated carbocycles. The van der Waals surface area contributed by atoms with Gasteiger partial charge in [-0.15, -0.1) is 0 Å². The minimum absolute atomic E-state index is 0.509. The van der Waals surface area contributed by atoms with Gasteiger partial charge in [0.15, 0.2) is 0 Å². The lowest BCUT2D eigenvalue weighted by atomic mass is 9.82. The first-order valence-corrected chi connectivity index (χ1v) is 6.51. The number of hydrogen-bond acceptors (Lipinski definition) is 1. The Morgan fingerprint density at radius 3 is 2.07 bits per heavy atom. The second-order valence-corrected chi connectivity index (χ2v) is 7.17. The third-order valence-electron chi connectivity index (χ3n) is 3.61. The molecule has 0 amide bonds. The van der Waals surface area contributed by atoms with Crippen molar-refractivity contribution >= 4 is 0 Å². The maximum absolute atomic E-state index is 2.65. The molecule has 1 saturated heterocycles. The van der Waals surface area contributed by atoms with Crippen molar-refractivity contribution in [1.29, 1.82) is 0 Å². The van der Waals surface area contributed by atoms with Crippen molar-refractivity contribution in [3.05, 3.63) is 0 Å². The summed E-state index contributed by atoms with van der Waals surface area (Å²) in [6.45, 7) is 15.8. The molecule has 0 bridgehead atoms. The fraction of sp³-hybridized carbons (Fsp3) is 1.00. The van der Waals surface area contributed by atoms with Crippen LogP contribution in [0.2, 0.25) is 0 Å². The van der Waals surface area contributed by atoms with Gasteiger partial charge in [-0.2, -0.15) is 0 Å². The highest BCUT2D eigenvalue weighted by atomic mass is 15.1. The molecular weight excluding hydrogens is 182 g/mol. The van der Waals surface area contributed by atoms with E-state index in [0.717, 1.165) is 0 Å². The van der Waals surface area contributed by atoms with Crippen LogP contribution in [0.1, 0.15) is 60.3 Å². The molecule has 90 valence electrons. The standard InChI is InChI=1S/C14H29N/c1-13(2,3)7-6-10-15-11-8-14(4,5)9-12-15/h6-12H2,1-5H3. The van der Waals surface area contributed by atoms with Crippen molar-refractivity contribution in [2.75, 3.05) is 19.6 Å². The van der Waals surface area contributed by atoms with Gasteiger partial charge in [-0.1, -0.05) is 34.6 Å². The lowest BCUT2D eigenvalue weighted by Crippen LogP contribution is -2.37. The summed E-state index contributed by atoms with van der Waals surface area (Å²) in [5.74, 6) is 0. The smallest absolute Gasteiger partial charge is 0.00136 e. The Balaban J connectivity index is 2.14. The summed E-state index contributed by atoms with van der Waals surface area (Å²) in [5, 5.41) is 0. The highest BCUT2D eigenvalue weighted by molar-refractivity contribution is 4.78. The fourth-order valence-corrected chi connectivity index (χ4v) is 2.21. The zero-order chi connectivity index (χ0) is 11.5. The Bertz CT molecular complexity index is 178. The summed E-state index contributed by atoms with van der Waals surface area (Å²) in [6, 6.07) is 0. The molecule has 0 N–H and O–H groups in total. The van der Waals surface area contributed by atoms with Gasteiger partial charge in [0.05, 0.1) is 0 Å². The van der Waals surface area contributed by atoms with Crippen molar-refractivity contribution in [3.63, 3.8) is 0 Å². The van der Waals surface area contributed by atoms with Gasteiger partial charge < -0.3 is 4.90 Å². The molecule has 1 fully saturated rings. The third-order valence-corrected chi connectivity index (χ3v) is 3.61. The van der Waals surface area contributed by atoms with Crippen LogP contribution in [0.3, 0.4) is 0 Å². The molecule has 1 rings (SSSR count). The van der Waals surface area contributed by atoms with Gasteiger partial charge in [-0.05, 0) is 56.1 Å². The Hall–Kier alpha value is -0.0400. The summed E-state index contributed by atoms with van der Waals surface area (Å²) in [7, 11) is 0. The minimum atomic E-state index is 0.509. The first kappa shape index (κ1) is 13.0. The number of hydrogen-bond donors (Lipinski definition) is 0. The Morgan fingerprint density at radius 2 is 1.60 bits per heavy atom. The third kappa shape index (κ3) is 5.55. The van der Waals surface area contributed by atoms with Crippen LogP contribution in [-0.4, -0.2) is 24.5 Å². The van der Waals surface area contributed by atoms with Crippen LogP contribution in [0, 0.1) is 10.8 Å². The summed E-state index contributed by atoms with van der Waals surface area (Å²) in [5.41, 5.74) is 1.11. The molecule has 1 heteroatoms. The highest BCUT2D eigenvalue weighted by Crippen LogP contribution is 2.30. The molecule has 0 atom stereocenters. The van der Waals surface area contributed by atoms with E-state index in [4.69, 9.17) is 0 Å². The van der Waals surface area contributed by atoms with E-state index in [0.29, 0.717) is 10.8 Å². The molecule has 1 aliphatic rings. The first-order chi connectivity index (χ1) is 6.79. The van der Waals surface area contributed by atoms with E-state index in [-0.39, 0.29) is 0 Å². The predicted octanol–water partition coefficient (Wildman–Crippen LogP) is 3.93. The molecule has 1 heterocycles. The van der Waals surface area contributed by atoms with E-state index < -0.39 is 0 Å². The fourth-order valence-electron chi connectivity index (χ4n) is 2.21. The first-order valence-electron chi connectivity index (χ1n) is 6.51. The van der Waals surface area contributed by atoms with E-state index in [1.54, 1.807) is 0 Å². The minimum Gasteiger partial charge on any atom is -0.303 e. The number of nitrogens with zero attached hydrogens (tertiary/aromatic N) is 1. The largest absolute Gasteiger partial charge is 0.303 e. The maximum Gasteiger partial charge on any atom is -0.00136 e. The monoisotopic (exact) mass is 211 g/mol. The average Bonchev–Trinajstić information content (AvgIpc) is 2.06. The molecule has 1 aliphatic heterocycles.